The van der Waals surface area contributed by atoms with Crippen molar-refractivity contribution in [1.29, 1.82) is 0 Å². The highest BCUT2D eigenvalue weighted by Crippen LogP contribution is 2.31. The van der Waals surface area contributed by atoms with Crippen molar-refractivity contribution in [3.8, 4) is 11.5 Å². The van der Waals surface area contributed by atoms with E-state index in [1.807, 2.05) is 37.3 Å². The van der Waals surface area contributed by atoms with Crippen LogP contribution in [0, 0.1) is 6.92 Å². The van der Waals surface area contributed by atoms with Gasteiger partial charge in [-0.25, -0.2) is 0 Å². The summed E-state index contributed by atoms with van der Waals surface area (Å²) in [5, 5.41) is 0. The second-order valence-electron chi connectivity index (χ2n) is 4.91. The van der Waals surface area contributed by atoms with Crippen LogP contribution in [-0.4, -0.2) is 19.5 Å². The number of methoxy groups -OCH3 is 1. The van der Waals surface area contributed by atoms with Gasteiger partial charge < -0.3 is 9.47 Å². The molecule has 3 heteroatoms. The molecule has 1 aliphatic rings. The summed E-state index contributed by atoms with van der Waals surface area (Å²) >= 11 is 0. The molecule has 0 amide bonds. The molecule has 2 aromatic carbocycles. The van der Waals surface area contributed by atoms with Gasteiger partial charge in [-0.1, -0.05) is 24.3 Å². The van der Waals surface area contributed by atoms with Crippen LogP contribution >= 0.6 is 0 Å². The first-order valence-corrected chi connectivity index (χ1v) is 6.64. The normalized spacial score (nSPS) is 12.7. The molecule has 0 aromatic heterocycles. The van der Waals surface area contributed by atoms with Crippen LogP contribution in [-0.2, 0) is 6.42 Å². The van der Waals surface area contributed by atoms with Crippen molar-refractivity contribution in [1.82, 2.24) is 0 Å². The van der Waals surface area contributed by atoms with Crippen LogP contribution in [0.4, 0.5) is 0 Å². The van der Waals surface area contributed by atoms with Gasteiger partial charge in [0.15, 0.2) is 5.78 Å². The Morgan fingerprint density at radius 3 is 2.90 bits per heavy atom. The summed E-state index contributed by atoms with van der Waals surface area (Å²) < 4.78 is 10.9. The highest BCUT2D eigenvalue weighted by Gasteiger charge is 2.21. The van der Waals surface area contributed by atoms with Crippen molar-refractivity contribution in [3.63, 3.8) is 0 Å². The zero-order valence-electron chi connectivity index (χ0n) is 11.6. The lowest BCUT2D eigenvalue weighted by molar-refractivity contribution is 0.103. The Balaban J connectivity index is 2.03. The molecule has 0 saturated heterocycles. The van der Waals surface area contributed by atoms with Crippen molar-refractivity contribution in [3.05, 3.63) is 58.7 Å². The van der Waals surface area contributed by atoms with E-state index in [2.05, 4.69) is 0 Å². The molecule has 102 valence electrons. The quantitative estimate of drug-likeness (QED) is 0.802. The van der Waals surface area contributed by atoms with Crippen LogP contribution in [0.5, 0.6) is 11.5 Å². The summed E-state index contributed by atoms with van der Waals surface area (Å²) in [6.45, 7) is 2.60. The number of aryl methyl sites for hydroxylation is 1. The van der Waals surface area contributed by atoms with Crippen LogP contribution in [0.1, 0.15) is 27.0 Å². The number of rotatable bonds is 3. The predicted molar refractivity (Wildman–Crippen MR) is 76.8 cm³/mol. The van der Waals surface area contributed by atoms with Crippen molar-refractivity contribution in [2.75, 3.05) is 13.7 Å². The molecule has 0 spiro atoms. The average molecular weight is 268 g/mol. The van der Waals surface area contributed by atoms with E-state index in [9.17, 15) is 4.79 Å². The first-order chi connectivity index (χ1) is 9.70. The molecule has 0 N–H and O–H groups in total. The third-order valence-corrected chi connectivity index (χ3v) is 3.63. The molecule has 0 atom stereocenters. The van der Waals surface area contributed by atoms with Crippen molar-refractivity contribution < 1.29 is 14.3 Å². The summed E-state index contributed by atoms with van der Waals surface area (Å²) in [6.07, 6.45) is 0.869. The number of hydrogen-bond donors (Lipinski definition) is 0. The number of benzene rings is 2. The summed E-state index contributed by atoms with van der Waals surface area (Å²) in [7, 11) is 1.61. The molecule has 0 bridgehead atoms. The highest BCUT2D eigenvalue weighted by molar-refractivity contribution is 6.11. The molecule has 3 rings (SSSR count). The van der Waals surface area contributed by atoms with E-state index in [1.54, 1.807) is 13.2 Å². The van der Waals surface area contributed by atoms with Crippen molar-refractivity contribution in [2.45, 2.75) is 13.3 Å². The number of hydrogen-bond acceptors (Lipinski definition) is 3. The van der Waals surface area contributed by atoms with Gasteiger partial charge in [0.1, 0.15) is 11.5 Å². The fourth-order valence-corrected chi connectivity index (χ4v) is 2.51. The summed E-state index contributed by atoms with van der Waals surface area (Å²) in [6, 6.07) is 11.2. The van der Waals surface area contributed by atoms with Gasteiger partial charge in [-0.05, 0) is 30.2 Å². The number of para-hydroxylation sites is 1. The molecule has 0 unspecified atom stereocenters. The largest absolute Gasteiger partial charge is 0.496 e. The smallest absolute Gasteiger partial charge is 0.196 e. The van der Waals surface area contributed by atoms with E-state index in [0.717, 1.165) is 29.0 Å². The molecule has 0 radical (unpaired) electrons. The Labute approximate surface area is 118 Å². The number of ketones is 1. The minimum Gasteiger partial charge on any atom is -0.496 e. The van der Waals surface area contributed by atoms with Gasteiger partial charge in [0.25, 0.3) is 0 Å². The zero-order valence-corrected chi connectivity index (χ0v) is 11.6. The molecular formula is C17H16O3. The maximum absolute atomic E-state index is 12.6. The predicted octanol–water partition coefficient (Wildman–Crippen LogP) is 3.17. The average Bonchev–Trinajstić information content (AvgIpc) is 2.95. The van der Waals surface area contributed by atoms with Gasteiger partial charge in [-0.3, -0.25) is 4.79 Å². The molecule has 2 aromatic rings. The van der Waals surface area contributed by atoms with Gasteiger partial charge >= 0.3 is 0 Å². The molecule has 0 fully saturated rings. The molecule has 20 heavy (non-hydrogen) atoms. The van der Waals surface area contributed by atoms with Crippen LogP contribution in [0.25, 0.3) is 0 Å². The van der Waals surface area contributed by atoms with E-state index in [4.69, 9.17) is 9.47 Å². The Kier molecular flexibility index (Phi) is 3.18. The van der Waals surface area contributed by atoms with Gasteiger partial charge in [-0.2, -0.15) is 0 Å². The SMILES string of the molecule is COc1cc(C(=O)c2cccc3c2OCC3)ccc1C. The molecule has 0 saturated carbocycles. The Morgan fingerprint density at radius 1 is 1.25 bits per heavy atom. The molecule has 1 heterocycles. The summed E-state index contributed by atoms with van der Waals surface area (Å²) in [5.74, 6) is 1.43. The second-order valence-corrected chi connectivity index (χ2v) is 4.91. The van der Waals surface area contributed by atoms with E-state index in [1.165, 1.54) is 0 Å². The lowest BCUT2D eigenvalue weighted by Gasteiger charge is -2.09. The minimum absolute atomic E-state index is 0.0259. The maximum Gasteiger partial charge on any atom is 0.196 e. The van der Waals surface area contributed by atoms with E-state index in [-0.39, 0.29) is 5.78 Å². The van der Waals surface area contributed by atoms with Crippen molar-refractivity contribution >= 4 is 5.78 Å². The third-order valence-electron chi connectivity index (χ3n) is 3.63. The topological polar surface area (TPSA) is 35.5 Å². The van der Waals surface area contributed by atoms with Crippen LogP contribution in [0.3, 0.4) is 0 Å². The highest BCUT2D eigenvalue weighted by atomic mass is 16.5. The van der Waals surface area contributed by atoms with Crippen LogP contribution in [0.15, 0.2) is 36.4 Å². The van der Waals surface area contributed by atoms with Gasteiger partial charge in [0.2, 0.25) is 0 Å². The number of carbonyl (C=O) groups excluding carboxylic acids is 1. The molecule has 3 nitrogen and oxygen atoms in total. The standard InChI is InChI=1S/C17H16O3/c1-11-6-7-13(10-15(11)19-2)16(18)14-5-3-4-12-8-9-20-17(12)14/h3-7,10H,8-9H2,1-2H3. The van der Waals surface area contributed by atoms with Gasteiger partial charge in [0, 0.05) is 12.0 Å². The number of fused-ring (bicyclic) bond motifs is 1. The first-order valence-electron chi connectivity index (χ1n) is 6.64. The van der Waals surface area contributed by atoms with E-state index in [0.29, 0.717) is 17.7 Å². The molecule has 0 aliphatic carbocycles. The first kappa shape index (κ1) is 12.7. The lowest BCUT2D eigenvalue weighted by Crippen LogP contribution is -2.04. The fourth-order valence-electron chi connectivity index (χ4n) is 2.51. The lowest BCUT2D eigenvalue weighted by atomic mass is 9.99. The van der Waals surface area contributed by atoms with Crippen molar-refractivity contribution in [2.24, 2.45) is 0 Å². The van der Waals surface area contributed by atoms with Crippen LogP contribution in [0.2, 0.25) is 0 Å². The van der Waals surface area contributed by atoms with E-state index < -0.39 is 0 Å². The maximum atomic E-state index is 12.6. The monoisotopic (exact) mass is 268 g/mol. The second kappa shape index (κ2) is 5.00. The third kappa shape index (κ3) is 2.05. The minimum atomic E-state index is -0.0259. The Morgan fingerprint density at radius 2 is 2.10 bits per heavy atom. The number of ether oxygens (including phenoxy) is 2. The Bertz CT molecular complexity index is 674. The summed E-state index contributed by atoms with van der Waals surface area (Å²) in [4.78, 5) is 12.6. The molecule has 1 aliphatic heterocycles. The Hall–Kier alpha value is -2.29. The fraction of sp³-hybridized carbons (Fsp3) is 0.235. The molecular weight excluding hydrogens is 252 g/mol. The zero-order chi connectivity index (χ0) is 14.1. The summed E-state index contributed by atoms with van der Waals surface area (Å²) in [5.41, 5.74) is 3.37. The number of carbonyl (C=O) groups is 1. The van der Waals surface area contributed by atoms with Gasteiger partial charge in [0.05, 0.1) is 19.3 Å². The van der Waals surface area contributed by atoms with Crippen LogP contribution < -0.4 is 9.47 Å². The van der Waals surface area contributed by atoms with Gasteiger partial charge in [-0.15, -0.1) is 0 Å². The van der Waals surface area contributed by atoms with E-state index >= 15 is 0 Å².